The second-order valence-corrected chi connectivity index (χ2v) is 4.95. The number of rotatable bonds is 3. The quantitative estimate of drug-likeness (QED) is 0.929. The van der Waals surface area contributed by atoms with Crippen molar-refractivity contribution in [2.75, 3.05) is 18.4 Å². The second-order valence-electron chi connectivity index (χ2n) is 4.95. The Morgan fingerprint density at radius 3 is 2.55 bits per heavy atom. The molecule has 0 saturated carbocycles. The molecule has 20 heavy (non-hydrogen) atoms. The Morgan fingerprint density at radius 1 is 1.05 bits per heavy atom. The minimum absolute atomic E-state index is 0.0757. The molecule has 0 unspecified atom stereocenters. The molecule has 2 heterocycles. The second kappa shape index (κ2) is 5.74. The molecule has 1 fully saturated rings. The molecule has 1 saturated heterocycles. The molecule has 1 aromatic carbocycles. The lowest BCUT2D eigenvalue weighted by molar-refractivity contribution is 0.0792. The number of hydrogen-bond acceptors (Lipinski definition) is 3. The highest BCUT2D eigenvalue weighted by atomic mass is 16.2. The van der Waals surface area contributed by atoms with Crippen LogP contribution in [0.1, 0.15) is 23.2 Å². The zero-order valence-corrected chi connectivity index (χ0v) is 11.2. The number of para-hydroxylation sites is 1. The van der Waals surface area contributed by atoms with Gasteiger partial charge in [0.25, 0.3) is 5.91 Å². The maximum Gasteiger partial charge on any atom is 0.255 e. The van der Waals surface area contributed by atoms with Gasteiger partial charge in [0.2, 0.25) is 0 Å². The van der Waals surface area contributed by atoms with Gasteiger partial charge in [-0.25, -0.2) is 0 Å². The average molecular weight is 267 g/mol. The third kappa shape index (κ3) is 2.79. The molecule has 3 rings (SSSR count). The van der Waals surface area contributed by atoms with E-state index < -0.39 is 0 Å². The molecule has 0 aliphatic carbocycles. The summed E-state index contributed by atoms with van der Waals surface area (Å²) in [6.07, 6.45) is 5.56. The molecular formula is C16H17N3O. The summed E-state index contributed by atoms with van der Waals surface area (Å²) in [6, 6.07) is 11.7. The normalized spacial score (nSPS) is 14.3. The molecule has 102 valence electrons. The number of nitrogens with zero attached hydrogens (tertiary/aromatic N) is 2. The van der Waals surface area contributed by atoms with E-state index in [1.807, 2.05) is 41.3 Å². The molecule has 1 aliphatic heterocycles. The van der Waals surface area contributed by atoms with Gasteiger partial charge in [0.15, 0.2) is 0 Å². The number of carbonyl (C=O) groups is 1. The highest BCUT2D eigenvalue weighted by Gasteiger charge is 2.19. The van der Waals surface area contributed by atoms with Crippen molar-refractivity contribution in [1.29, 1.82) is 0 Å². The van der Waals surface area contributed by atoms with Crippen molar-refractivity contribution in [3.8, 4) is 0 Å². The SMILES string of the molecule is O=C(c1cncc(Nc2ccccc2)c1)N1CCCC1. The van der Waals surface area contributed by atoms with Gasteiger partial charge in [0.1, 0.15) is 0 Å². The van der Waals surface area contributed by atoms with Gasteiger partial charge in [-0.3, -0.25) is 9.78 Å². The largest absolute Gasteiger partial charge is 0.354 e. The lowest BCUT2D eigenvalue weighted by Gasteiger charge is -2.15. The van der Waals surface area contributed by atoms with Crippen molar-refractivity contribution in [3.05, 3.63) is 54.4 Å². The van der Waals surface area contributed by atoms with Crippen LogP contribution in [0.15, 0.2) is 48.8 Å². The Balaban J connectivity index is 1.77. The van der Waals surface area contributed by atoms with Crippen molar-refractivity contribution in [2.24, 2.45) is 0 Å². The Kier molecular flexibility index (Phi) is 3.63. The first-order valence-corrected chi connectivity index (χ1v) is 6.89. The summed E-state index contributed by atoms with van der Waals surface area (Å²) in [5, 5.41) is 3.26. The average Bonchev–Trinajstić information content (AvgIpc) is 3.02. The van der Waals surface area contributed by atoms with Gasteiger partial charge in [-0.2, -0.15) is 0 Å². The summed E-state index contributed by atoms with van der Waals surface area (Å²) < 4.78 is 0. The van der Waals surface area contributed by atoms with E-state index in [1.54, 1.807) is 12.4 Å². The van der Waals surface area contributed by atoms with Crippen molar-refractivity contribution < 1.29 is 4.79 Å². The molecule has 0 spiro atoms. The number of amides is 1. The predicted molar refractivity (Wildman–Crippen MR) is 79.1 cm³/mol. The fraction of sp³-hybridized carbons (Fsp3) is 0.250. The van der Waals surface area contributed by atoms with Crippen LogP contribution in [0, 0.1) is 0 Å². The lowest BCUT2D eigenvalue weighted by Crippen LogP contribution is -2.27. The Labute approximate surface area is 118 Å². The first kappa shape index (κ1) is 12.7. The summed E-state index contributed by atoms with van der Waals surface area (Å²) in [6.45, 7) is 1.71. The van der Waals surface area contributed by atoms with Crippen molar-refractivity contribution in [2.45, 2.75) is 12.8 Å². The Morgan fingerprint density at radius 2 is 1.80 bits per heavy atom. The van der Waals surface area contributed by atoms with Crippen LogP contribution in [-0.4, -0.2) is 28.9 Å². The summed E-state index contributed by atoms with van der Waals surface area (Å²) >= 11 is 0. The molecule has 1 aromatic heterocycles. The fourth-order valence-corrected chi connectivity index (χ4v) is 2.42. The van der Waals surface area contributed by atoms with E-state index in [2.05, 4.69) is 10.3 Å². The number of carbonyl (C=O) groups excluding carboxylic acids is 1. The van der Waals surface area contributed by atoms with E-state index in [0.717, 1.165) is 37.3 Å². The zero-order valence-electron chi connectivity index (χ0n) is 11.2. The highest BCUT2D eigenvalue weighted by molar-refractivity contribution is 5.95. The monoisotopic (exact) mass is 267 g/mol. The van der Waals surface area contributed by atoms with Gasteiger partial charge in [0.05, 0.1) is 17.4 Å². The van der Waals surface area contributed by atoms with E-state index in [0.29, 0.717) is 5.56 Å². The molecule has 0 radical (unpaired) electrons. The van der Waals surface area contributed by atoms with Gasteiger partial charge >= 0.3 is 0 Å². The van der Waals surface area contributed by atoms with Gasteiger partial charge in [-0.05, 0) is 31.0 Å². The third-order valence-electron chi connectivity index (χ3n) is 3.44. The molecule has 0 atom stereocenters. The maximum atomic E-state index is 12.3. The molecular weight excluding hydrogens is 250 g/mol. The Hall–Kier alpha value is -2.36. The highest BCUT2D eigenvalue weighted by Crippen LogP contribution is 2.18. The van der Waals surface area contributed by atoms with Crippen LogP contribution in [0.5, 0.6) is 0 Å². The smallest absolute Gasteiger partial charge is 0.255 e. The minimum Gasteiger partial charge on any atom is -0.354 e. The van der Waals surface area contributed by atoms with Crippen LogP contribution in [0.4, 0.5) is 11.4 Å². The minimum atomic E-state index is 0.0757. The summed E-state index contributed by atoms with van der Waals surface area (Å²) in [4.78, 5) is 18.4. The van der Waals surface area contributed by atoms with Crippen LogP contribution in [0.3, 0.4) is 0 Å². The van der Waals surface area contributed by atoms with Crippen LogP contribution < -0.4 is 5.32 Å². The molecule has 4 heteroatoms. The number of likely N-dealkylation sites (tertiary alicyclic amines) is 1. The van der Waals surface area contributed by atoms with Gasteiger partial charge in [-0.1, -0.05) is 18.2 Å². The van der Waals surface area contributed by atoms with Crippen molar-refractivity contribution in [3.63, 3.8) is 0 Å². The molecule has 4 nitrogen and oxygen atoms in total. The molecule has 0 bridgehead atoms. The first-order valence-electron chi connectivity index (χ1n) is 6.89. The topological polar surface area (TPSA) is 45.2 Å². The summed E-state index contributed by atoms with van der Waals surface area (Å²) in [5.74, 6) is 0.0757. The fourth-order valence-electron chi connectivity index (χ4n) is 2.42. The van der Waals surface area contributed by atoms with Gasteiger partial charge in [-0.15, -0.1) is 0 Å². The van der Waals surface area contributed by atoms with Crippen LogP contribution in [0.25, 0.3) is 0 Å². The van der Waals surface area contributed by atoms with E-state index in [-0.39, 0.29) is 5.91 Å². The number of pyridine rings is 1. The zero-order chi connectivity index (χ0) is 13.8. The number of anilines is 2. The van der Waals surface area contributed by atoms with E-state index >= 15 is 0 Å². The number of hydrogen-bond donors (Lipinski definition) is 1. The molecule has 2 aromatic rings. The number of benzene rings is 1. The van der Waals surface area contributed by atoms with Crippen LogP contribution in [-0.2, 0) is 0 Å². The van der Waals surface area contributed by atoms with Gasteiger partial charge < -0.3 is 10.2 Å². The summed E-state index contributed by atoms with van der Waals surface area (Å²) in [5.41, 5.74) is 2.47. The summed E-state index contributed by atoms with van der Waals surface area (Å²) in [7, 11) is 0. The van der Waals surface area contributed by atoms with E-state index in [1.165, 1.54) is 0 Å². The van der Waals surface area contributed by atoms with Crippen LogP contribution in [0.2, 0.25) is 0 Å². The van der Waals surface area contributed by atoms with Crippen molar-refractivity contribution in [1.82, 2.24) is 9.88 Å². The lowest BCUT2D eigenvalue weighted by atomic mass is 10.2. The molecule has 1 aliphatic rings. The van der Waals surface area contributed by atoms with E-state index in [9.17, 15) is 4.79 Å². The van der Waals surface area contributed by atoms with E-state index in [4.69, 9.17) is 0 Å². The van der Waals surface area contributed by atoms with Crippen molar-refractivity contribution >= 4 is 17.3 Å². The molecule has 1 amide bonds. The predicted octanol–water partition coefficient (Wildman–Crippen LogP) is 3.06. The maximum absolute atomic E-state index is 12.3. The standard InChI is InChI=1S/C16H17N3O/c20-16(19-8-4-5-9-19)13-10-15(12-17-11-13)18-14-6-2-1-3-7-14/h1-3,6-7,10-12,18H,4-5,8-9H2. The van der Waals surface area contributed by atoms with Gasteiger partial charge in [0, 0.05) is 25.0 Å². The molecule has 1 N–H and O–H groups in total. The van der Waals surface area contributed by atoms with Crippen LogP contribution >= 0.6 is 0 Å². The Bertz CT molecular complexity index is 592. The third-order valence-corrected chi connectivity index (χ3v) is 3.44. The number of nitrogens with one attached hydrogen (secondary N) is 1. The number of aromatic nitrogens is 1. The first-order chi connectivity index (χ1) is 9.83.